The Balaban J connectivity index is 2.53. The molecule has 1 aromatic rings. The van der Waals surface area contributed by atoms with Crippen molar-refractivity contribution in [3.8, 4) is 0 Å². The summed E-state index contributed by atoms with van der Waals surface area (Å²) < 4.78 is 4.86. The quantitative estimate of drug-likeness (QED) is 0.653. The summed E-state index contributed by atoms with van der Waals surface area (Å²) in [5.41, 5.74) is 7.27. The average Bonchev–Trinajstić information content (AvgIpc) is 2.39. The van der Waals surface area contributed by atoms with Gasteiger partial charge in [0.2, 0.25) is 5.91 Å². The van der Waals surface area contributed by atoms with Gasteiger partial charge in [-0.05, 0) is 12.1 Å². The smallest absolute Gasteiger partial charge is 0.239 e. The number of carbonyl (C=O) groups is 1. The minimum Gasteiger partial charge on any atom is -0.383 e. The first-order valence-corrected chi connectivity index (χ1v) is 5.79. The molecule has 1 aromatic heterocycles. The number of methoxy groups -OCH3 is 1. The minimum absolute atomic E-state index is 0.0543. The molecule has 6 nitrogen and oxygen atoms in total. The first-order valence-electron chi connectivity index (χ1n) is 5.79. The number of ether oxygens (including phenoxy) is 1. The monoisotopic (exact) mass is 252 g/mol. The van der Waals surface area contributed by atoms with Crippen LogP contribution in [0.3, 0.4) is 0 Å². The van der Waals surface area contributed by atoms with Gasteiger partial charge in [-0.15, -0.1) is 0 Å². The van der Waals surface area contributed by atoms with Crippen molar-refractivity contribution < 1.29 is 9.53 Å². The van der Waals surface area contributed by atoms with Crippen LogP contribution in [0.4, 0.5) is 5.69 Å². The largest absolute Gasteiger partial charge is 0.383 e. The van der Waals surface area contributed by atoms with Gasteiger partial charge >= 0.3 is 0 Å². The number of nitrogens with one attached hydrogen (secondary N) is 1. The summed E-state index contributed by atoms with van der Waals surface area (Å²) in [4.78, 5) is 17.7. The van der Waals surface area contributed by atoms with Crippen LogP contribution in [0.25, 0.3) is 0 Å². The van der Waals surface area contributed by atoms with E-state index < -0.39 is 0 Å². The van der Waals surface area contributed by atoms with Crippen LogP contribution in [0.15, 0.2) is 18.3 Å². The number of nitrogens with two attached hydrogens (primary N) is 1. The standard InChI is InChI=1S/C12H20N4O2/c1-16(9-12(17)15-6-7-18-2)11-4-3-5-14-10(11)8-13/h3-5H,6-9,13H2,1-2H3,(H,15,17). The highest BCUT2D eigenvalue weighted by Crippen LogP contribution is 2.15. The topological polar surface area (TPSA) is 80.5 Å². The van der Waals surface area contributed by atoms with Crippen molar-refractivity contribution in [1.82, 2.24) is 10.3 Å². The van der Waals surface area contributed by atoms with E-state index in [0.29, 0.717) is 19.7 Å². The molecule has 0 fully saturated rings. The second kappa shape index (κ2) is 7.62. The number of nitrogens with zero attached hydrogens (tertiary/aromatic N) is 2. The van der Waals surface area contributed by atoms with Crippen LogP contribution in [0.5, 0.6) is 0 Å². The van der Waals surface area contributed by atoms with Gasteiger partial charge in [-0.25, -0.2) is 0 Å². The highest BCUT2D eigenvalue weighted by molar-refractivity contribution is 5.81. The summed E-state index contributed by atoms with van der Waals surface area (Å²) in [5, 5.41) is 2.76. The molecule has 0 aliphatic heterocycles. The Morgan fingerprint density at radius 3 is 3.06 bits per heavy atom. The molecule has 1 heterocycles. The number of pyridine rings is 1. The van der Waals surface area contributed by atoms with Crippen molar-refractivity contribution >= 4 is 11.6 Å². The van der Waals surface area contributed by atoms with Crippen molar-refractivity contribution in [1.29, 1.82) is 0 Å². The lowest BCUT2D eigenvalue weighted by atomic mass is 10.2. The van der Waals surface area contributed by atoms with Crippen molar-refractivity contribution in [2.75, 3.05) is 38.8 Å². The Hall–Kier alpha value is -1.66. The number of carbonyl (C=O) groups excluding carboxylic acids is 1. The number of amides is 1. The molecule has 0 aliphatic rings. The Morgan fingerprint density at radius 1 is 1.61 bits per heavy atom. The highest BCUT2D eigenvalue weighted by Gasteiger charge is 2.10. The third-order valence-corrected chi connectivity index (χ3v) is 2.48. The number of hydrogen-bond donors (Lipinski definition) is 2. The summed E-state index contributed by atoms with van der Waals surface area (Å²) in [6, 6.07) is 3.73. The van der Waals surface area contributed by atoms with E-state index >= 15 is 0 Å². The predicted octanol–water partition coefficient (Wildman–Crippen LogP) is -0.261. The number of likely N-dealkylation sites (N-methyl/N-ethyl adjacent to an activating group) is 1. The van der Waals surface area contributed by atoms with Gasteiger partial charge in [0, 0.05) is 33.4 Å². The Morgan fingerprint density at radius 2 is 2.39 bits per heavy atom. The zero-order valence-electron chi connectivity index (χ0n) is 10.8. The summed E-state index contributed by atoms with van der Waals surface area (Å²) in [7, 11) is 3.44. The number of anilines is 1. The maximum absolute atomic E-state index is 11.6. The minimum atomic E-state index is -0.0543. The van der Waals surface area contributed by atoms with Crippen LogP contribution < -0.4 is 16.0 Å². The van der Waals surface area contributed by atoms with Gasteiger partial charge in [0.1, 0.15) is 0 Å². The van der Waals surface area contributed by atoms with E-state index in [1.54, 1.807) is 13.3 Å². The fraction of sp³-hybridized carbons (Fsp3) is 0.500. The average molecular weight is 252 g/mol. The van der Waals surface area contributed by atoms with Gasteiger partial charge in [-0.1, -0.05) is 0 Å². The van der Waals surface area contributed by atoms with Crippen molar-refractivity contribution in [2.24, 2.45) is 5.73 Å². The maximum Gasteiger partial charge on any atom is 0.239 e. The normalized spacial score (nSPS) is 10.2. The predicted molar refractivity (Wildman–Crippen MR) is 70.3 cm³/mol. The van der Waals surface area contributed by atoms with E-state index in [-0.39, 0.29) is 12.5 Å². The van der Waals surface area contributed by atoms with Gasteiger partial charge < -0.3 is 20.7 Å². The molecular weight excluding hydrogens is 232 g/mol. The molecule has 6 heteroatoms. The maximum atomic E-state index is 11.6. The molecular formula is C12H20N4O2. The summed E-state index contributed by atoms with van der Waals surface area (Å²) >= 11 is 0. The molecule has 3 N–H and O–H groups in total. The molecule has 0 saturated carbocycles. The Kier molecular flexibility index (Phi) is 6.10. The molecule has 0 aliphatic carbocycles. The van der Waals surface area contributed by atoms with Crippen molar-refractivity contribution in [3.05, 3.63) is 24.0 Å². The lowest BCUT2D eigenvalue weighted by molar-refractivity contribution is -0.119. The van der Waals surface area contributed by atoms with Crippen LogP contribution in [-0.2, 0) is 16.1 Å². The zero-order valence-corrected chi connectivity index (χ0v) is 10.8. The third kappa shape index (κ3) is 4.31. The number of rotatable bonds is 7. The molecule has 0 aromatic carbocycles. The van der Waals surface area contributed by atoms with E-state index in [4.69, 9.17) is 10.5 Å². The fourth-order valence-corrected chi connectivity index (χ4v) is 1.58. The Bertz CT molecular complexity index is 384. The van der Waals surface area contributed by atoms with Gasteiger partial charge in [0.05, 0.1) is 24.5 Å². The van der Waals surface area contributed by atoms with Gasteiger partial charge in [0.25, 0.3) is 0 Å². The highest BCUT2D eigenvalue weighted by atomic mass is 16.5. The van der Waals surface area contributed by atoms with E-state index in [1.807, 2.05) is 24.1 Å². The zero-order chi connectivity index (χ0) is 13.4. The molecule has 0 radical (unpaired) electrons. The van der Waals surface area contributed by atoms with E-state index in [0.717, 1.165) is 11.4 Å². The summed E-state index contributed by atoms with van der Waals surface area (Å²) in [5.74, 6) is -0.0543. The fourth-order valence-electron chi connectivity index (χ4n) is 1.58. The first kappa shape index (κ1) is 14.4. The SMILES string of the molecule is COCCNC(=O)CN(C)c1cccnc1CN. The van der Waals surface area contributed by atoms with E-state index in [2.05, 4.69) is 10.3 Å². The summed E-state index contributed by atoms with van der Waals surface area (Å²) in [6.45, 7) is 1.64. The molecule has 100 valence electrons. The molecule has 0 spiro atoms. The van der Waals surface area contributed by atoms with E-state index in [9.17, 15) is 4.79 Å². The lowest BCUT2D eigenvalue weighted by Gasteiger charge is -2.20. The summed E-state index contributed by atoms with van der Waals surface area (Å²) in [6.07, 6.45) is 1.69. The van der Waals surface area contributed by atoms with Crippen LogP contribution in [0, 0.1) is 0 Å². The van der Waals surface area contributed by atoms with Crippen LogP contribution in [-0.4, -0.2) is 44.7 Å². The Labute approximate surface area is 107 Å². The van der Waals surface area contributed by atoms with E-state index in [1.165, 1.54) is 0 Å². The molecule has 1 amide bonds. The second-order valence-electron chi connectivity index (χ2n) is 3.87. The third-order valence-electron chi connectivity index (χ3n) is 2.48. The molecule has 0 unspecified atom stereocenters. The van der Waals surface area contributed by atoms with Gasteiger partial charge in [-0.3, -0.25) is 9.78 Å². The van der Waals surface area contributed by atoms with Crippen LogP contribution in [0.2, 0.25) is 0 Å². The number of aromatic nitrogens is 1. The van der Waals surface area contributed by atoms with Crippen LogP contribution in [0.1, 0.15) is 5.69 Å². The molecule has 1 rings (SSSR count). The number of hydrogen-bond acceptors (Lipinski definition) is 5. The van der Waals surface area contributed by atoms with Crippen molar-refractivity contribution in [2.45, 2.75) is 6.54 Å². The first-order chi connectivity index (χ1) is 8.69. The van der Waals surface area contributed by atoms with Gasteiger partial charge in [-0.2, -0.15) is 0 Å². The second-order valence-corrected chi connectivity index (χ2v) is 3.87. The lowest BCUT2D eigenvalue weighted by Crippen LogP contribution is -2.37. The van der Waals surface area contributed by atoms with Crippen LogP contribution >= 0.6 is 0 Å². The molecule has 0 saturated heterocycles. The molecule has 0 bridgehead atoms. The van der Waals surface area contributed by atoms with Crippen molar-refractivity contribution in [3.63, 3.8) is 0 Å². The molecule has 0 atom stereocenters. The van der Waals surface area contributed by atoms with Gasteiger partial charge in [0.15, 0.2) is 0 Å². The molecule has 18 heavy (non-hydrogen) atoms.